The van der Waals surface area contributed by atoms with Gasteiger partial charge in [0.15, 0.2) is 0 Å². The van der Waals surface area contributed by atoms with Gasteiger partial charge >= 0.3 is 0 Å². The van der Waals surface area contributed by atoms with Crippen LogP contribution < -0.4 is 5.32 Å². The molecule has 0 heterocycles. The summed E-state index contributed by atoms with van der Waals surface area (Å²) >= 11 is 3.70. The van der Waals surface area contributed by atoms with Crippen LogP contribution in [0.15, 0.2) is 28.7 Å². The summed E-state index contributed by atoms with van der Waals surface area (Å²) in [6.45, 7) is 5.67. The second-order valence-electron chi connectivity index (χ2n) is 6.08. The zero-order valence-electron chi connectivity index (χ0n) is 12.9. The van der Waals surface area contributed by atoms with E-state index in [0.29, 0.717) is 6.04 Å². The van der Waals surface area contributed by atoms with Gasteiger partial charge in [0.05, 0.1) is 0 Å². The molecule has 1 fully saturated rings. The van der Waals surface area contributed by atoms with Gasteiger partial charge in [-0.15, -0.1) is 0 Å². The number of nitrogens with one attached hydrogen (secondary N) is 1. The molecule has 1 aliphatic carbocycles. The maximum Gasteiger partial charge on any atom is 0.0207 e. The Bertz CT molecular complexity index is 404. The summed E-state index contributed by atoms with van der Waals surface area (Å²) in [5.41, 5.74) is 1.44. The van der Waals surface area contributed by atoms with Crippen molar-refractivity contribution < 1.29 is 0 Å². The average molecular weight is 338 g/mol. The molecule has 1 N–H and O–H groups in total. The Labute approximate surface area is 132 Å². The molecule has 1 aromatic rings. The third-order valence-corrected chi connectivity index (χ3v) is 5.65. The van der Waals surface area contributed by atoms with Crippen molar-refractivity contribution >= 4 is 15.9 Å². The normalized spacial score (nSPS) is 24.6. The molecule has 112 valence electrons. The Morgan fingerprint density at radius 1 is 1.20 bits per heavy atom. The van der Waals surface area contributed by atoms with Gasteiger partial charge in [0, 0.05) is 10.5 Å². The van der Waals surface area contributed by atoms with Gasteiger partial charge in [-0.3, -0.25) is 0 Å². The first-order valence-electron chi connectivity index (χ1n) is 8.23. The highest BCUT2D eigenvalue weighted by molar-refractivity contribution is 9.10. The monoisotopic (exact) mass is 337 g/mol. The van der Waals surface area contributed by atoms with E-state index < -0.39 is 0 Å². The third kappa shape index (κ3) is 4.08. The minimum Gasteiger partial charge on any atom is -0.314 e. The standard InChI is InChI=1S/C18H28BrN/c1-3-14-9-5-7-11-16(14)18(20-4-2)13-15-10-6-8-12-17(15)19/h6,8,10,12,14,16,18,20H,3-5,7,9,11,13H2,1-2H3. The summed E-state index contributed by atoms with van der Waals surface area (Å²) in [5.74, 6) is 1.76. The van der Waals surface area contributed by atoms with Crippen LogP contribution in [0.5, 0.6) is 0 Å². The summed E-state index contributed by atoms with van der Waals surface area (Å²) in [4.78, 5) is 0. The first-order chi connectivity index (χ1) is 9.76. The first-order valence-corrected chi connectivity index (χ1v) is 9.02. The predicted molar refractivity (Wildman–Crippen MR) is 91.0 cm³/mol. The van der Waals surface area contributed by atoms with E-state index in [0.717, 1.165) is 24.8 Å². The molecule has 3 atom stereocenters. The number of benzene rings is 1. The fourth-order valence-electron chi connectivity index (χ4n) is 3.81. The Morgan fingerprint density at radius 3 is 2.65 bits per heavy atom. The second kappa shape index (κ2) is 8.19. The van der Waals surface area contributed by atoms with Crippen molar-refractivity contribution in [3.8, 4) is 0 Å². The smallest absolute Gasteiger partial charge is 0.0207 e. The second-order valence-corrected chi connectivity index (χ2v) is 6.93. The fourth-order valence-corrected chi connectivity index (χ4v) is 4.26. The van der Waals surface area contributed by atoms with Gasteiger partial charge in [0.2, 0.25) is 0 Å². The highest BCUT2D eigenvalue weighted by atomic mass is 79.9. The van der Waals surface area contributed by atoms with E-state index >= 15 is 0 Å². The molecule has 20 heavy (non-hydrogen) atoms. The van der Waals surface area contributed by atoms with Crippen molar-refractivity contribution in [2.75, 3.05) is 6.54 Å². The molecular weight excluding hydrogens is 310 g/mol. The number of rotatable bonds is 6. The van der Waals surface area contributed by atoms with Gasteiger partial charge in [0.25, 0.3) is 0 Å². The molecule has 2 heteroatoms. The van der Waals surface area contributed by atoms with E-state index in [4.69, 9.17) is 0 Å². The largest absolute Gasteiger partial charge is 0.314 e. The van der Waals surface area contributed by atoms with Gasteiger partial charge in [0.1, 0.15) is 0 Å². The molecule has 0 bridgehead atoms. The van der Waals surface area contributed by atoms with E-state index in [1.807, 2.05) is 0 Å². The van der Waals surface area contributed by atoms with E-state index in [1.165, 1.54) is 42.1 Å². The molecular formula is C18H28BrN. The van der Waals surface area contributed by atoms with Crippen molar-refractivity contribution in [2.24, 2.45) is 11.8 Å². The molecule has 0 saturated heterocycles. The molecule has 1 aliphatic rings. The van der Waals surface area contributed by atoms with Crippen molar-refractivity contribution in [3.63, 3.8) is 0 Å². The van der Waals surface area contributed by atoms with Gasteiger partial charge in [-0.05, 0) is 42.9 Å². The van der Waals surface area contributed by atoms with Crippen molar-refractivity contribution in [1.29, 1.82) is 0 Å². The van der Waals surface area contributed by atoms with E-state index in [-0.39, 0.29) is 0 Å². The van der Waals surface area contributed by atoms with Crippen LogP contribution in [0.3, 0.4) is 0 Å². The topological polar surface area (TPSA) is 12.0 Å². The summed E-state index contributed by atoms with van der Waals surface area (Å²) in [7, 11) is 0. The highest BCUT2D eigenvalue weighted by Gasteiger charge is 2.30. The SMILES string of the molecule is CCNC(Cc1ccccc1Br)C1CCCCC1CC. The molecule has 0 radical (unpaired) electrons. The zero-order chi connectivity index (χ0) is 14.4. The van der Waals surface area contributed by atoms with Crippen LogP contribution in [0.25, 0.3) is 0 Å². The lowest BCUT2D eigenvalue weighted by atomic mass is 9.72. The Balaban J connectivity index is 2.11. The molecule has 1 saturated carbocycles. The lowest BCUT2D eigenvalue weighted by Crippen LogP contribution is -2.42. The van der Waals surface area contributed by atoms with Crippen LogP contribution in [0.4, 0.5) is 0 Å². The van der Waals surface area contributed by atoms with Crippen molar-refractivity contribution in [3.05, 3.63) is 34.3 Å². The molecule has 0 aliphatic heterocycles. The number of likely N-dealkylation sites (N-methyl/N-ethyl adjacent to an activating group) is 1. The van der Waals surface area contributed by atoms with Crippen LogP contribution in [-0.2, 0) is 6.42 Å². The van der Waals surface area contributed by atoms with E-state index in [2.05, 4.69) is 59.4 Å². The zero-order valence-corrected chi connectivity index (χ0v) is 14.5. The maximum atomic E-state index is 3.77. The number of halogens is 1. The molecule has 0 aromatic heterocycles. The molecule has 1 aromatic carbocycles. The van der Waals surface area contributed by atoms with Gasteiger partial charge in [-0.2, -0.15) is 0 Å². The summed E-state index contributed by atoms with van der Waals surface area (Å²) in [6, 6.07) is 9.31. The van der Waals surface area contributed by atoms with Gasteiger partial charge in [-0.1, -0.05) is 73.7 Å². The Hall–Kier alpha value is -0.340. The third-order valence-electron chi connectivity index (χ3n) is 4.87. The molecule has 3 unspecified atom stereocenters. The number of hydrogen-bond donors (Lipinski definition) is 1. The van der Waals surface area contributed by atoms with Gasteiger partial charge < -0.3 is 5.32 Å². The van der Waals surface area contributed by atoms with Crippen molar-refractivity contribution in [1.82, 2.24) is 5.32 Å². The predicted octanol–water partition coefficient (Wildman–Crippen LogP) is 5.19. The molecule has 2 rings (SSSR count). The minimum absolute atomic E-state index is 0.629. The molecule has 0 spiro atoms. The van der Waals surface area contributed by atoms with Gasteiger partial charge in [-0.25, -0.2) is 0 Å². The maximum absolute atomic E-state index is 3.77. The fraction of sp³-hybridized carbons (Fsp3) is 0.667. The number of hydrogen-bond acceptors (Lipinski definition) is 1. The highest BCUT2D eigenvalue weighted by Crippen LogP contribution is 2.36. The first kappa shape index (κ1) is 16.0. The Morgan fingerprint density at radius 2 is 1.95 bits per heavy atom. The minimum atomic E-state index is 0.629. The Kier molecular flexibility index (Phi) is 6.57. The van der Waals surface area contributed by atoms with E-state index in [9.17, 15) is 0 Å². The molecule has 0 amide bonds. The average Bonchev–Trinajstić information content (AvgIpc) is 2.49. The van der Waals surface area contributed by atoms with Crippen LogP contribution in [0, 0.1) is 11.8 Å². The molecule has 1 nitrogen and oxygen atoms in total. The summed E-state index contributed by atoms with van der Waals surface area (Å²) < 4.78 is 1.26. The van der Waals surface area contributed by atoms with Crippen LogP contribution >= 0.6 is 15.9 Å². The lowest BCUT2D eigenvalue weighted by molar-refractivity contribution is 0.175. The van der Waals surface area contributed by atoms with E-state index in [1.54, 1.807) is 0 Å². The lowest BCUT2D eigenvalue weighted by Gasteiger charge is -2.37. The summed E-state index contributed by atoms with van der Waals surface area (Å²) in [5, 5.41) is 3.77. The van der Waals surface area contributed by atoms with Crippen molar-refractivity contribution in [2.45, 2.75) is 58.4 Å². The quantitative estimate of drug-likeness (QED) is 0.753. The van der Waals surface area contributed by atoms with Crippen LogP contribution in [0.1, 0.15) is 51.5 Å². The van der Waals surface area contributed by atoms with Crippen LogP contribution in [0.2, 0.25) is 0 Å². The summed E-state index contributed by atoms with van der Waals surface area (Å²) in [6.07, 6.45) is 8.17. The van der Waals surface area contributed by atoms with Crippen LogP contribution in [-0.4, -0.2) is 12.6 Å².